The molecule has 1 amide bonds. The summed E-state index contributed by atoms with van der Waals surface area (Å²) in [7, 11) is 0.216. The molecule has 0 unspecified atom stereocenters. The number of ether oxygens (including phenoxy) is 1. The van der Waals surface area contributed by atoms with Gasteiger partial charge in [-0.15, -0.1) is 10.2 Å². The van der Waals surface area contributed by atoms with Crippen LogP contribution in [0.4, 0.5) is 5.69 Å². The Morgan fingerprint density at radius 3 is 2.69 bits per heavy atom. The Kier molecular flexibility index (Phi) is 6.81. The number of benzene rings is 1. The zero-order chi connectivity index (χ0) is 21.0. The van der Waals surface area contributed by atoms with Crippen LogP contribution in [0.15, 0.2) is 29.4 Å². The van der Waals surface area contributed by atoms with Crippen LogP contribution >= 0.6 is 11.8 Å². The van der Waals surface area contributed by atoms with Gasteiger partial charge in [0.25, 0.3) is 0 Å². The second-order valence-corrected chi connectivity index (χ2v) is 9.85. The van der Waals surface area contributed by atoms with E-state index in [4.69, 9.17) is 4.74 Å². The maximum Gasteiger partial charge on any atom is 0.234 e. The Balaban J connectivity index is 1.58. The molecule has 1 aliphatic rings. The molecule has 1 fully saturated rings. The van der Waals surface area contributed by atoms with Gasteiger partial charge >= 0.3 is 0 Å². The maximum absolute atomic E-state index is 12.2. The zero-order valence-electron chi connectivity index (χ0n) is 16.7. The standard InChI is InChI=1S/C18H25N5O4S2/c1-22-17(13-5-4-10-23(11-13)29(3,25)26)20-21-18(22)28-12-16(24)19-14-6-8-15(27-2)9-7-14/h6-9,13H,4-5,10-12H2,1-3H3,(H,19,24)/t13-/m1/s1. The fourth-order valence-electron chi connectivity index (χ4n) is 3.26. The molecule has 1 aliphatic heterocycles. The molecule has 11 heteroatoms. The number of methoxy groups -OCH3 is 1. The fourth-order valence-corrected chi connectivity index (χ4v) is 4.89. The lowest BCUT2D eigenvalue weighted by Gasteiger charge is -2.30. The average Bonchev–Trinajstić information content (AvgIpc) is 3.07. The number of rotatable bonds is 7. The van der Waals surface area contributed by atoms with Crippen molar-refractivity contribution in [1.82, 2.24) is 19.1 Å². The van der Waals surface area contributed by atoms with Crippen LogP contribution in [0.25, 0.3) is 0 Å². The lowest BCUT2D eigenvalue weighted by molar-refractivity contribution is -0.113. The van der Waals surface area contributed by atoms with E-state index in [9.17, 15) is 13.2 Å². The molecule has 9 nitrogen and oxygen atoms in total. The first-order valence-electron chi connectivity index (χ1n) is 9.19. The van der Waals surface area contributed by atoms with Gasteiger partial charge in [-0.3, -0.25) is 4.79 Å². The lowest BCUT2D eigenvalue weighted by atomic mass is 9.99. The highest BCUT2D eigenvalue weighted by atomic mass is 32.2. The number of anilines is 1. The van der Waals surface area contributed by atoms with E-state index in [1.54, 1.807) is 31.4 Å². The first-order chi connectivity index (χ1) is 13.8. The largest absolute Gasteiger partial charge is 0.497 e. The van der Waals surface area contributed by atoms with E-state index in [2.05, 4.69) is 15.5 Å². The molecular weight excluding hydrogens is 414 g/mol. The summed E-state index contributed by atoms with van der Waals surface area (Å²) in [4.78, 5) is 12.2. The number of sulfonamides is 1. The molecule has 0 aliphatic carbocycles. The van der Waals surface area contributed by atoms with Crippen LogP contribution in [0.3, 0.4) is 0 Å². The monoisotopic (exact) mass is 439 g/mol. The highest BCUT2D eigenvalue weighted by Gasteiger charge is 2.30. The molecule has 1 saturated heterocycles. The Bertz CT molecular complexity index is 959. The topological polar surface area (TPSA) is 106 Å². The second kappa shape index (κ2) is 9.14. The van der Waals surface area contributed by atoms with Crippen LogP contribution < -0.4 is 10.1 Å². The quantitative estimate of drug-likeness (QED) is 0.654. The van der Waals surface area contributed by atoms with Crippen molar-refractivity contribution in [3.8, 4) is 5.75 Å². The number of aromatic nitrogens is 3. The van der Waals surface area contributed by atoms with E-state index in [-0.39, 0.29) is 17.6 Å². The summed E-state index contributed by atoms with van der Waals surface area (Å²) in [6.45, 7) is 0.952. The van der Waals surface area contributed by atoms with Crippen LogP contribution in [0.1, 0.15) is 24.6 Å². The highest BCUT2D eigenvalue weighted by Crippen LogP contribution is 2.28. The van der Waals surface area contributed by atoms with Gasteiger partial charge in [-0.1, -0.05) is 11.8 Å². The molecule has 1 aromatic heterocycles. The van der Waals surface area contributed by atoms with Gasteiger partial charge in [-0.25, -0.2) is 12.7 Å². The first kappa shape index (κ1) is 21.6. The Morgan fingerprint density at radius 2 is 2.03 bits per heavy atom. The summed E-state index contributed by atoms with van der Waals surface area (Å²) in [6, 6.07) is 7.11. The second-order valence-electron chi connectivity index (χ2n) is 6.93. The van der Waals surface area contributed by atoms with Gasteiger partial charge in [0.15, 0.2) is 5.16 Å². The highest BCUT2D eigenvalue weighted by molar-refractivity contribution is 7.99. The minimum atomic E-state index is -3.22. The number of thioether (sulfide) groups is 1. The molecule has 1 atom stereocenters. The summed E-state index contributed by atoms with van der Waals surface area (Å²) in [5.41, 5.74) is 0.693. The van der Waals surface area contributed by atoms with E-state index >= 15 is 0 Å². The minimum Gasteiger partial charge on any atom is -0.497 e. The number of nitrogens with one attached hydrogen (secondary N) is 1. The van der Waals surface area contributed by atoms with E-state index in [0.29, 0.717) is 23.9 Å². The number of piperidine rings is 1. The molecule has 0 saturated carbocycles. The van der Waals surface area contributed by atoms with Crippen molar-refractivity contribution >= 4 is 33.4 Å². The van der Waals surface area contributed by atoms with Crippen LogP contribution in [0.5, 0.6) is 5.75 Å². The Morgan fingerprint density at radius 1 is 1.31 bits per heavy atom. The number of nitrogens with zero attached hydrogens (tertiary/aromatic N) is 4. The van der Waals surface area contributed by atoms with Crippen molar-refractivity contribution in [2.75, 3.05) is 37.5 Å². The third-order valence-corrected chi connectivity index (χ3v) is 7.08. The number of hydrogen-bond acceptors (Lipinski definition) is 7. The van der Waals surface area contributed by atoms with Gasteiger partial charge in [0.2, 0.25) is 15.9 Å². The Labute approximate surface area is 174 Å². The van der Waals surface area contributed by atoms with Crippen molar-refractivity contribution in [2.45, 2.75) is 23.9 Å². The van der Waals surface area contributed by atoms with Crippen molar-refractivity contribution in [3.63, 3.8) is 0 Å². The van der Waals surface area contributed by atoms with Crippen LogP contribution in [-0.2, 0) is 21.9 Å². The molecule has 3 rings (SSSR count). The minimum absolute atomic E-state index is 0.00143. The number of carbonyl (C=O) groups excluding carboxylic acids is 1. The summed E-state index contributed by atoms with van der Waals surface area (Å²) in [5, 5.41) is 11.9. The maximum atomic E-state index is 12.2. The van der Waals surface area contributed by atoms with E-state index in [0.717, 1.165) is 24.4 Å². The Hall–Kier alpha value is -2.11. The van der Waals surface area contributed by atoms with Crippen LogP contribution in [0.2, 0.25) is 0 Å². The third kappa shape index (κ3) is 5.49. The van der Waals surface area contributed by atoms with Gasteiger partial charge in [-0.05, 0) is 37.1 Å². The number of amides is 1. The predicted octanol–water partition coefficient (Wildman–Crippen LogP) is 1.69. The third-order valence-electron chi connectivity index (χ3n) is 4.79. The summed E-state index contributed by atoms with van der Waals surface area (Å²) < 4.78 is 32.1. The average molecular weight is 440 g/mol. The number of carbonyl (C=O) groups is 1. The van der Waals surface area contributed by atoms with E-state index in [1.807, 2.05) is 11.6 Å². The smallest absolute Gasteiger partial charge is 0.234 e. The van der Waals surface area contributed by atoms with Crippen molar-refractivity contribution in [2.24, 2.45) is 7.05 Å². The van der Waals surface area contributed by atoms with Crippen molar-refractivity contribution in [3.05, 3.63) is 30.1 Å². The molecule has 0 spiro atoms. The lowest BCUT2D eigenvalue weighted by Crippen LogP contribution is -2.39. The van der Waals surface area contributed by atoms with Gasteiger partial charge in [0, 0.05) is 31.7 Å². The summed E-state index contributed by atoms with van der Waals surface area (Å²) >= 11 is 1.29. The van der Waals surface area contributed by atoms with Crippen molar-refractivity contribution < 1.29 is 17.9 Å². The van der Waals surface area contributed by atoms with Gasteiger partial charge in [0.05, 0.1) is 19.1 Å². The molecule has 2 aromatic rings. The van der Waals surface area contributed by atoms with E-state index < -0.39 is 10.0 Å². The SMILES string of the molecule is COc1ccc(NC(=O)CSc2nnc([C@@H]3CCCN(S(C)(=O)=O)C3)n2C)cc1. The molecular formula is C18H25N5O4S2. The fraction of sp³-hybridized carbons (Fsp3) is 0.500. The summed E-state index contributed by atoms with van der Waals surface area (Å²) in [5.74, 6) is 1.51. The van der Waals surface area contributed by atoms with E-state index in [1.165, 1.54) is 22.3 Å². The molecule has 2 heterocycles. The molecule has 0 bridgehead atoms. The predicted molar refractivity (Wildman–Crippen MR) is 112 cm³/mol. The van der Waals surface area contributed by atoms with Crippen LogP contribution in [0, 0.1) is 0 Å². The molecule has 0 radical (unpaired) electrons. The summed E-state index contributed by atoms with van der Waals surface area (Å²) in [6.07, 6.45) is 2.88. The van der Waals surface area contributed by atoms with Gasteiger partial charge in [0.1, 0.15) is 11.6 Å². The molecule has 158 valence electrons. The van der Waals surface area contributed by atoms with Crippen LogP contribution in [-0.4, -0.2) is 65.6 Å². The first-order valence-corrected chi connectivity index (χ1v) is 12.0. The zero-order valence-corrected chi connectivity index (χ0v) is 18.3. The van der Waals surface area contributed by atoms with Crippen molar-refractivity contribution in [1.29, 1.82) is 0 Å². The number of hydrogen-bond donors (Lipinski definition) is 1. The van der Waals surface area contributed by atoms with Gasteiger partial charge in [-0.2, -0.15) is 0 Å². The molecule has 1 aromatic carbocycles. The molecule has 29 heavy (non-hydrogen) atoms. The normalized spacial score (nSPS) is 17.8. The van der Waals surface area contributed by atoms with Gasteiger partial charge < -0.3 is 14.6 Å². The molecule has 1 N–H and O–H groups in total.